The summed E-state index contributed by atoms with van der Waals surface area (Å²) in [5, 5.41) is 10.2. The molecule has 0 atom stereocenters. The Morgan fingerprint density at radius 3 is 2.76 bits per heavy atom. The first-order valence-electron chi connectivity index (χ1n) is 9.19. The highest BCUT2D eigenvalue weighted by molar-refractivity contribution is 5.88. The molecule has 3 heterocycles. The third kappa shape index (κ3) is 3.01. The summed E-state index contributed by atoms with van der Waals surface area (Å²) in [4.78, 5) is 8.38. The van der Waals surface area contributed by atoms with Gasteiger partial charge in [-0.25, -0.2) is 0 Å². The minimum absolute atomic E-state index is 0.261. The summed E-state index contributed by atoms with van der Waals surface area (Å²) in [5.41, 5.74) is 3.73. The maximum Gasteiger partial charge on any atom is 0.124 e. The molecule has 0 amide bonds. The van der Waals surface area contributed by atoms with E-state index in [1.165, 1.54) is 34.9 Å². The Balaban J connectivity index is 1.44. The number of aromatic amines is 1. The van der Waals surface area contributed by atoms with Crippen molar-refractivity contribution in [2.24, 2.45) is 5.92 Å². The second kappa shape index (κ2) is 6.70. The standard InChI is InChI=1S/C20H26N4O/c1-14-9-19(25-2)18(17-3-6-22-20(14)17)13-23-7-4-16(5-8-23)24-11-15(10-21)12-24/h3,6,9,15-16,22H,4-5,7-8,11-13H2,1-2H3. The molecule has 25 heavy (non-hydrogen) atoms. The van der Waals surface area contributed by atoms with E-state index in [9.17, 15) is 0 Å². The van der Waals surface area contributed by atoms with Gasteiger partial charge in [-0.1, -0.05) is 0 Å². The second-order valence-corrected chi connectivity index (χ2v) is 7.43. The Bertz CT molecular complexity index is 792. The van der Waals surface area contributed by atoms with Crippen LogP contribution in [0.1, 0.15) is 24.0 Å². The Labute approximate surface area is 149 Å². The van der Waals surface area contributed by atoms with Crippen LogP contribution in [0.2, 0.25) is 0 Å². The lowest BCUT2D eigenvalue weighted by atomic mass is 9.94. The van der Waals surface area contributed by atoms with Gasteiger partial charge < -0.3 is 9.72 Å². The summed E-state index contributed by atoms with van der Waals surface area (Å²) in [6.07, 6.45) is 4.41. The van der Waals surface area contributed by atoms with Crippen LogP contribution in [0.3, 0.4) is 0 Å². The van der Waals surface area contributed by atoms with Gasteiger partial charge in [0.1, 0.15) is 5.75 Å². The SMILES string of the molecule is COc1cc(C)c2[nH]ccc2c1CN1CCC(N2CC(C#N)C2)CC1. The van der Waals surface area contributed by atoms with Crippen molar-refractivity contribution >= 4 is 10.9 Å². The number of piperidine rings is 1. The normalized spacial score (nSPS) is 20.5. The number of aromatic nitrogens is 1. The van der Waals surface area contributed by atoms with Gasteiger partial charge in [0, 0.05) is 48.3 Å². The van der Waals surface area contributed by atoms with Gasteiger partial charge in [-0.15, -0.1) is 0 Å². The van der Waals surface area contributed by atoms with Crippen LogP contribution in [0.25, 0.3) is 10.9 Å². The monoisotopic (exact) mass is 338 g/mol. The van der Waals surface area contributed by atoms with Crippen molar-refractivity contribution in [3.05, 3.63) is 29.5 Å². The van der Waals surface area contributed by atoms with Crippen LogP contribution >= 0.6 is 0 Å². The quantitative estimate of drug-likeness (QED) is 0.931. The fraction of sp³-hybridized carbons (Fsp3) is 0.550. The predicted molar refractivity (Wildman–Crippen MR) is 98.6 cm³/mol. The van der Waals surface area contributed by atoms with Crippen molar-refractivity contribution in [2.75, 3.05) is 33.3 Å². The highest BCUT2D eigenvalue weighted by Gasteiger charge is 2.34. The van der Waals surface area contributed by atoms with Gasteiger partial charge in [-0.3, -0.25) is 9.80 Å². The summed E-state index contributed by atoms with van der Waals surface area (Å²) in [6, 6.07) is 7.34. The molecular formula is C20H26N4O. The fourth-order valence-electron chi connectivity index (χ4n) is 4.34. The van der Waals surface area contributed by atoms with Crippen molar-refractivity contribution in [3.8, 4) is 11.8 Å². The van der Waals surface area contributed by atoms with E-state index in [0.29, 0.717) is 6.04 Å². The van der Waals surface area contributed by atoms with Gasteiger partial charge in [-0.05, 0) is 50.6 Å². The van der Waals surface area contributed by atoms with Crippen molar-refractivity contribution in [2.45, 2.75) is 32.4 Å². The van der Waals surface area contributed by atoms with Crippen LogP contribution < -0.4 is 4.74 Å². The first kappa shape index (κ1) is 16.4. The zero-order chi connectivity index (χ0) is 17.4. The molecule has 0 bridgehead atoms. The molecule has 0 saturated carbocycles. The smallest absolute Gasteiger partial charge is 0.124 e. The lowest BCUT2D eigenvalue weighted by molar-refractivity contribution is 0.0373. The molecule has 5 nitrogen and oxygen atoms in total. The lowest BCUT2D eigenvalue weighted by Crippen LogP contribution is -2.54. The number of rotatable bonds is 4. The van der Waals surface area contributed by atoms with E-state index in [1.54, 1.807) is 7.11 Å². The molecular weight excluding hydrogens is 312 g/mol. The Morgan fingerprint density at radius 2 is 2.08 bits per heavy atom. The van der Waals surface area contributed by atoms with E-state index in [4.69, 9.17) is 10.00 Å². The first-order chi connectivity index (χ1) is 12.2. The molecule has 4 rings (SSSR count). The molecule has 5 heteroatoms. The van der Waals surface area contributed by atoms with Crippen molar-refractivity contribution in [1.29, 1.82) is 5.26 Å². The molecule has 0 aliphatic carbocycles. The average Bonchev–Trinajstić information content (AvgIpc) is 3.08. The van der Waals surface area contributed by atoms with E-state index in [-0.39, 0.29) is 5.92 Å². The number of hydrogen-bond donors (Lipinski definition) is 1. The van der Waals surface area contributed by atoms with E-state index < -0.39 is 0 Å². The highest BCUT2D eigenvalue weighted by Crippen LogP contribution is 2.33. The van der Waals surface area contributed by atoms with Crippen LogP contribution in [0.15, 0.2) is 18.3 Å². The summed E-state index contributed by atoms with van der Waals surface area (Å²) < 4.78 is 5.68. The highest BCUT2D eigenvalue weighted by atomic mass is 16.5. The van der Waals surface area contributed by atoms with Crippen molar-refractivity contribution in [3.63, 3.8) is 0 Å². The number of H-pyrrole nitrogens is 1. The number of benzene rings is 1. The van der Waals surface area contributed by atoms with Gasteiger partial charge in [-0.2, -0.15) is 5.26 Å². The molecule has 2 saturated heterocycles. The van der Waals surface area contributed by atoms with Gasteiger partial charge in [0.15, 0.2) is 0 Å². The minimum atomic E-state index is 0.261. The molecule has 2 aromatic rings. The average molecular weight is 338 g/mol. The third-order valence-corrected chi connectivity index (χ3v) is 5.88. The first-order valence-corrected chi connectivity index (χ1v) is 9.19. The Hall–Kier alpha value is -2.03. The number of nitrogens with zero attached hydrogens (tertiary/aromatic N) is 3. The number of aryl methyl sites for hydroxylation is 1. The molecule has 0 radical (unpaired) electrons. The molecule has 0 spiro atoms. The van der Waals surface area contributed by atoms with Gasteiger partial charge in [0.25, 0.3) is 0 Å². The molecule has 132 valence electrons. The fourth-order valence-corrected chi connectivity index (χ4v) is 4.34. The predicted octanol–water partition coefficient (Wildman–Crippen LogP) is 2.90. The Morgan fingerprint density at radius 1 is 1.32 bits per heavy atom. The zero-order valence-electron chi connectivity index (χ0n) is 15.1. The number of hydrogen-bond acceptors (Lipinski definition) is 4. The summed E-state index contributed by atoms with van der Waals surface area (Å²) in [6.45, 7) is 7.22. The number of ether oxygens (including phenoxy) is 1. The van der Waals surface area contributed by atoms with E-state index in [2.05, 4.69) is 39.9 Å². The van der Waals surface area contributed by atoms with Crippen LogP contribution in [-0.4, -0.2) is 54.1 Å². The minimum Gasteiger partial charge on any atom is -0.496 e. The van der Waals surface area contributed by atoms with E-state index in [0.717, 1.165) is 38.5 Å². The van der Waals surface area contributed by atoms with Gasteiger partial charge in [0.05, 0.1) is 19.1 Å². The summed E-state index contributed by atoms with van der Waals surface area (Å²) in [7, 11) is 1.76. The molecule has 1 aromatic carbocycles. The zero-order valence-corrected chi connectivity index (χ0v) is 15.1. The third-order valence-electron chi connectivity index (χ3n) is 5.88. The lowest BCUT2D eigenvalue weighted by Gasteiger charge is -2.45. The maximum absolute atomic E-state index is 8.95. The molecule has 2 aliphatic heterocycles. The van der Waals surface area contributed by atoms with E-state index >= 15 is 0 Å². The van der Waals surface area contributed by atoms with Gasteiger partial charge >= 0.3 is 0 Å². The number of fused-ring (bicyclic) bond motifs is 1. The van der Waals surface area contributed by atoms with E-state index in [1.807, 2.05) is 6.20 Å². The number of nitrogens with one attached hydrogen (secondary N) is 1. The topological polar surface area (TPSA) is 55.3 Å². The van der Waals surface area contributed by atoms with Crippen LogP contribution in [0.4, 0.5) is 0 Å². The molecule has 1 N–H and O–H groups in total. The van der Waals surface area contributed by atoms with Crippen LogP contribution in [0.5, 0.6) is 5.75 Å². The van der Waals surface area contributed by atoms with Crippen LogP contribution in [-0.2, 0) is 6.54 Å². The summed E-state index contributed by atoms with van der Waals surface area (Å²) >= 11 is 0. The molecule has 2 fully saturated rings. The molecule has 0 unspecified atom stereocenters. The summed E-state index contributed by atoms with van der Waals surface area (Å²) in [5.74, 6) is 1.25. The number of likely N-dealkylation sites (tertiary alicyclic amines) is 2. The van der Waals surface area contributed by atoms with Crippen molar-refractivity contribution < 1.29 is 4.74 Å². The molecule has 1 aromatic heterocycles. The van der Waals surface area contributed by atoms with Crippen LogP contribution in [0, 0.1) is 24.2 Å². The van der Waals surface area contributed by atoms with Gasteiger partial charge in [0.2, 0.25) is 0 Å². The maximum atomic E-state index is 8.95. The van der Waals surface area contributed by atoms with Crippen molar-refractivity contribution in [1.82, 2.24) is 14.8 Å². The Kier molecular flexibility index (Phi) is 4.41. The number of methoxy groups -OCH3 is 1. The second-order valence-electron chi connectivity index (χ2n) is 7.43. The molecule has 2 aliphatic rings. The largest absolute Gasteiger partial charge is 0.496 e. The number of nitriles is 1.